The molecule has 1 aromatic heterocycles. The molecule has 1 aromatic carbocycles. The second kappa shape index (κ2) is 9.91. The third kappa shape index (κ3) is 5.47. The molecule has 0 radical (unpaired) electrons. The van der Waals surface area contributed by atoms with Gasteiger partial charge >= 0.3 is 12.1 Å². The van der Waals surface area contributed by atoms with Crippen molar-refractivity contribution in [1.29, 1.82) is 0 Å². The first-order valence-electron chi connectivity index (χ1n) is 10.7. The molecule has 1 aliphatic heterocycles. The normalized spacial score (nSPS) is 16.8. The number of nitro groups is 1. The van der Waals surface area contributed by atoms with Crippen molar-refractivity contribution in [3.63, 3.8) is 0 Å². The number of carbonyl (C=O) groups excluding carboxylic acids is 2. The molecule has 200 valence electrons. The maximum atomic E-state index is 13.6. The molecule has 1 fully saturated rings. The van der Waals surface area contributed by atoms with E-state index in [9.17, 15) is 41.3 Å². The summed E-state index contributed by atoms with van der Waals surface area (Å²) in [6.45, 7) is 2.83. The summed E-state index contributed by atoms with van der Waals surface area (Å²) in [4.78, 5) is 45.8. The van der Waals surface area contributed by atoms with E-state index in [1.807, 2.05) is 0 Å². The van der Waals surface area contributed by atoms with Crippen LogP contribution >= 0.6 is 0 Å². The molecular formula is C21H22F3N5O7S. The van der Waals surface area contributed by atoms with E-state index >= 15 is 0 Å². The van der Waals surface area contributed by atoms with E-state index < -0.39 is 72.3 Å². The molecule has 1 atom stereocenters. The highest BCUT2D eigenvalue weighted by Crippen LogP contribution is 2.37. The summed E-state index contributed by atoms with van der Waals surface area (Å²) in [5.41, 5.74) is -2.91. The molecule has 37 heavy (non-hydrogen) atoms. The zero-order valence-electron chi connectivity index (χ0n) is 20.0. The zero-order valence-corrected chi connectivity index (χ0v) is 20.8. The molecule has 0 saturated carbocycles. The number of hydrogen-bond donors (Lipinski definition) is 0. The number of methoxy groups -OCH3 is 1. The highest BCUT2D eigenvalue weighted by Gasteiger charge is 2.42. The van der Waals surface area contributed by atoms with Crippen LogP contribution in [0.1, 0.15) is 29.9 Å². The first-order valence-corrected chi connectivity index (χ1v) is 12.6. The number of ether oxygens (including phenoxy) is 1. The Kier molecular flexibility index (Phi) is 7.44. The predicted molar refractivity (Wildman–Crippen MR) is 123 cm³/mol. The van der Waals surface area contributed by atoms with Crippen LogP contribution in [0.15, 0.2) is 29.3 Å². The summed E-state index contributed by atoms with van der Waals surface area (Å²) in [5, 5.41) is 11.9. The number of alkyl halides is 3. The summed E-state index contributed by atoms with van der Waals surface area (Å²) in [6.07, 6.45) is -3.05. The number of aromatic nitrogens is 2. The van der Waals surface area contributed by atoms with Gasteiger partial charge in [0.2, 0.25) is 11.9 Å². The van der Waals surface area contributed by atoms with Crippen LogP contribution in [-0.4, -0.2) is 67.7 Å². The highest BCUT2D eigenvalue weighted by atomic mass is 32.2. The first-order chi connectivity index (χ1) is 17.1. The lowest BCUT2D eigenvalue weighted by Crippen LogP contribution is -2.60. The van der Waals surface area contributed by atoms with Crippen LogP contribution < -0.4 is 9.80 Å². The van der Waals surface area contributed by atoms with Gasteiger partial charge in [-0.3, -0.25) is 14.9 Å². The van der Waals surface area contributed by atoms with Crippen molar-refractivity contribution in [2.24, 2.45) is 5.92 Å². The maximum absolute atomic E-state index is 13.6. The molecule has 0 bridgehead atoms. The fourth-order valence-electron chi connectivity index (χ4n) is 4.00. The van der Waals surface area contributed by atoms with E-state index in [-0.39, 0.29) is 19.0 Å². The van der Waals surface area contributed by atoms with Crippen molar-refractivity contribution in [3.8, 4) is 0 Å². The molecule has 0 aliphatic carbocycles. The summed E-state index contributed by atoms with van der Waals surface area (Å²) in [5.74, 6) is -2.76. The van der Waals surface area contributed by atoms with E-state index in [4.69, 9.17) is 0 Å². The molecule has 3 rings (SSSR count). The van der Waals surface area contributed by atoms with E-state index in [2.05, 4.69) is 14.7 Å². The first kappa shape index (κ1) is 27.8. The SMILES string of the molecule is COC(=O)c1cc([N+](=O)[O-])c(N2CCN(c3nccc(C(F)(F)F)n3)C(C(C)C)C2=O)cc1S(C)(=O)=O. The molecule has 1 aliphatic rings. The Morgan fingerprint density at radius 1 is 1.27 bits per heavy atom. The van der Waals surface area contributed by atoms with Gasteiger partial charge in [0.05, 0.1) is 22.5 Å². The molecular weight excluding hydrogens is 523 g/mol. The minimum atomic E-state index is -4.75. The molecule has 0 N–H and O–H groups in total. The van der Waals surface area contributed by atoms with E-state index in [0.29, 0.717) is 6.07 Å². The van der Waals surface area contributed by atoms with Gasteiger partial charge in [0, 0.05) is 31.6 Å². The fraction of sp³-hybridized carbons (Fsp3) is 0.429. The summed E-state index contributed by atoms with van der Waals surface area (Å²) in [6, 6.07) is 1.12. The van der Waals surface area contributed by atoms with Crippen molar-refractivity contribution in [2.75, 3.05) is 36.3 Å². The van der Waals surface area contributed by atoms with Crippen LogP contribution in [0.25, 0.3) is 0 Å². The standard InChI is InChI=1S/C21H22F3N5O7S/c1-11(2)17-18(30)27(7-8-28(17)20-25-6-5-16(26-20)21(22,23)24)13-10-15(37(4,34)35)12(19(31)36-3)9-14(13)29(32)33/h5-6,9-11,17H,7-8H2,1-4H3. The number of carbonyl (C=O) groups is 2. The molecule has 1 saturated heterocycles. The van der Waals surface area contributed by atoms with Gasteiger partial charge < -0.3 is 14.5 Å². The van der Waals surface area contributed by atoms with Gasteiger partial charge in [0.1, 0.15) is 17.4 Å². The Balaban J connectivity index is 2.15. The average molecular weight is 545 g/mol. The molecule has 16 heteroatoms. The number of rotatable bonds is 6. The van der Waals surface area contributed by atoms with Gasteiger partial charge in [-0.1, -0.05) is 13.8 Å². The number of hydrogen-bond acceptors (Lipinski definition) is 10. The quantitative estimate of drug-likeness (QED) is 0.301. The van der Waals surface area contributed by atoms with Crippen molar-refractivity contribution >= 4 is 39.0 Å². The van der Waals surface area contributed by atoms with Gasteiger partial charge in [0.25, 0.3) is 5.69 Å². The predicted octanol–water partition coefficient (Wildman–Crippen LogP) is 2.47. The molecule has 1 amide bonds. The fourth-order valence-corrected chi connectivity index (χ4v) is 4.87. The smallest absolute Gasteiger partial charge is 0.433 e. The number of nitro benzene ring substituents is 1. The minimum absolute atomic E-state index is 0.125. The molecule has 0 spiro atoms. The number of benzene rings is 1. The monoisotopic (exact) mass is 545 g/mol. The number of esters is 1. The average Bonchev–Trinajstić information content (AvgIpc) is 2.81. The molecule has 2 heterocycles. The molecule has 1 unspecified atom stereocenters. The Bertz CT molecular complexity index is 1360. The van der Waals surface area contributed by atoms with Crippen LogP contribution in [0, 0.1) is 16.0 Å². The summed E-state index contributed by atoms with van der Waals surface area (Å²) < 4.78 is 68.9. The third-order valence-corrected chi connectivity index (χ3v) is 6.75. The summed E-state index contributed by atoms with van der Waals surface area (Å²) >= 11 is 0. The second-order valence-corrected chi connectivity index (χ2v) is 10.5. The maximum Gasteiger partial charge on any atom is 0.433 e. The lowest BCUT2D eigenvalue weighted by atomic mass is 9.98. The Hall–Kier alpha value is -3.82. The van der Waals surface area contributed by atoms with Crippen molar-refractivity contribution < 1.29 is 40.8 Å². The topological polar surface area (TPSA) is 153 Å². The number of halogens is 3. The Morgan fingerprint density at radius 3 is 2.43 bits per heavy atom. The number of anilines is 2. The highest BCUT2D eigenvalue weighted by molar-refractivity contribution is 7.90. The van der Waals surface area contributed by atoms with Crippen molar-refractivity contribution in [2.45, 2.75) is 31.0 Å². The lowest BCUT2D eigenvalue weighted by Gasteiger charge is -2.42. The zero-order chi connectivity index (χ0) is 27.9. The van der Waals surface area contributed by atoms with E-state index in [0.717, 1.165) is 36.6 Å². The van der Waals surface area contributed by atoms with E-state index in [1.54, 1.807) is 13.8 Å². The minimum Gasteiger partial charge on any atom is -0.465 e. The van der Waals surface area contributed by atoms with Crippen LogP contribution in [0.4, 0.5) is 30.5 Å². The second-order valence-electron chi connectivity index (χ2n) is 8.47. The number of nitrogens with zero attached hydrogens (tertiary/aromatic N) is 5. The van der Waals surface area contributed by atoms with Crippen LogP contribution in [-0.2, 0) is 25.5 Å². The van der Waals surface area contributed by atoms with Crippen molar-refractivity contribution in [3.05, 3.63) is 45.8 Å². The van der Waals surface area contributed by atoms with Crippen LogP contribution in [0.5, 0.6) is 0 Å². The molecule has 12 nitrogen and oxygen atoms in total. The van der Waals surface area contributed by atoms with Crippen LogP contribution in [0.2, 0.25) is 0 Å². The van der Waals surface area contributed by atoms with Gasteiger partial charge in [-0.05, 0) is 18.1 Å². The Labute approximate surface area is 209 Å². The summed E-state index contributed by atoms with van der Waals surface area (Å²) in [7, 11) is -3.14. The van der Waals surface area contributed by atoms with Gasteiger partial charge in [-0.15, -0.1) is 0 Å². The molecule has 2 aromatic rings. The number of piperazine rings is 1. The van der Waals surface area contributed by atoms with Gasteiger partial charge in [0.15, 0.2) is 9.84 Å². The lowest BCUT2D eigenvalue weighted by molar-refractivity contribution is -0.384. The van der Waals surface area contributed by atoms with Crippen molar-refractivity contribution in [1.82, 2.24) is 9.97 Å². The van der Waals surface area contributed by atoms with Gasteiger partial charge in [-0.2, -0.15) is 13.2 Å². The van der Waals surface area contributed by atoms with Gasteiger partial charge in [-0.25, -0.2) is 23.2 Å². The number of amides is 1. The Morgan fingerprint density at radius 2 is 1.92 bits per heavy atom. The largest absolute Gasteiger partial charge is 0.465 e. The number of sulfone groups is 1. The van der Waals surface area contributed by atoms with E-state index in [1.165, 1.54) is 4.90 Å². The third-order valence-electron chi connectivity index (χ3n) is 5.61. The van der Waals surface area contributed by atoms with Crippen LogP contribution in [0.3, 0.4) is 0 Å².